The SMILES string of the molecule is Cn1c2c(C=O)cccc2c2c1c(-c1ccccc1)c(-c1ccccc1)c1c3cccc(C=O)c3n(C)c12. The molecule has 0 atom stereocenters. The molecule has 0 aliphatic carbocycles. The molecule has 0 saturated carbocycles. The molecule has 0 unspecified atom stereocenters. The number of fused-ring (bicyclic) bond motifs is 7. The summed E-state index contributed by atoms with van der Waals surface area (Å²) >= 11 is 0. The molecule has 0 aliphatic heterocycles. The van der Waals surface area contributed by atoms with Crippen molar-refractivity contribution in [3.63, 3.8) is 0 Å². The molecular formula is C34H24N2O2. The van der Waals surface area contributed by atoms with Crippen LogP contribution in [-0.2, 0) is 14.1 Å². The minimum Gasteiger partial charge on any atom is -0.342 e. The summed E-state index contributed by atoms with van der Waals surface area (Å²) in [6.07, 6.45) is 1.87. The van der Waals surface area contributed by atoms with Gasteiger partial charge in [-0.2, -0.15) is 0 Å². The number of aromatic nitrogens is 2. The number of carbonyl (C=O) groups excluding carboxylic acids is 2. The number of rotatable bonds is 4. The van der Waals surface area contributed by atoms with E-state index in [4.69, 9.17) is 0 Å². The molecule has 0 saturated heterocycles. The van der Waals surface area contributed by atoms with Crippen molar-refractivity contribution in [2.45, 2.75) is 0 Å². The van der Waals surface area contributed by atoms with Crippen molar-refractivity contribution < 1.29 is 9.59 Å². The third-order valence-corrected chi connectivity index (χ3v) is 7.84. The molecule has 2 aromatic heterocycles. The van der Waals surface area contributed by atoms with Gasteiger partial charge in [0, 0.05) is 57.9 Å². The van der Waals surface area contributed by atoms with E-state index in [1.807, 2.05) is 50.5 Å². The molecule has 0 fully saturated rings. The molecule has 0 amide bonds. The van der Waals surface area contributed by atoms with Crippen LogP contribution >= 0.6 is 0 Å². The van der Waals surface area contributed by atoms with E-state index in [0.29, 0.717) is 11.1 Å². The number of hydrogen-bond donors (Lipinski definition) is 0. The van der Waals surface area contributed by atoms with Gasteiger partial charge in [-0.25, -0.2) is 0 Å². The van der Waals surface area contributed by atoms with Gasteiger partial charge in [0.05, 0.1) is 22.1 Å². The lowest BCUT2D eigenvalue weighted by molar-refractivity contribution is 0.111. The van der Waals surface area contributed by atoms with Crippen molar-refractivity contribution in [1.29, 1.82) is 0 Å². The topological polar surface area (TPSA) is 44.0 Å². The second-order valence-corrected chi connectivity index (χ2v) is 9.77. The smallest absolute Gasteiger partial charge is 0.152 e. The maximum atomic E-state index is 12.2. The Labute approximate surface area is 219 Å². The Morgan fingerprint density at radius 1 is 0.474 bits per heavy atom. The normalized spacial score (nSPS) is 11.6. The van der Waals surface area contributed by atoms with Gasteiger partial charge in [0.15, 0.2) is 12.6 Å². The second-order valence-electron chi connectivity index (χ2n) is 9.77. The largest absolute Gasteiger partial charge is 0.342 e. The molecule has 0 radical (unpaired) electrons. The van der Waals surface area contributed by atoms with Crippen LogP contribution in [-0.4, -0.2) is 21.7 Å². The third kappa shape index (κ3) is 2.86. The zero-order valence-electron chi connectivity index (χ0n) is 21.1. The summed E-state index contributed by atoms with van der Waals surface area (Å²) in [7, 11) is 4.08. The first-order chi connectivity index (χ1) is 18.7. The summed E-state index contributed by atoms with van der Waals surface area (Å²) in [5.74, 6) is 0. The fraction of sp³-hybridized carbons (Fsp3) is 0.0588. The predicted molar refractivity (Wildman–Crippen MR) is 156 cm³/mol. The maximum absolute atomic E-state index is 12.2. The monoisotopic (exact) mass is 492 g/mol. The molecule has 0 bridgehead atoms. The Bertz CT molecular complexity index is 2060. The average molecular weight is 493 g/mol. The van der Waals surface area contributed by atoms with Gasteiger partial charge >= 0.3 is 0 Å². The summed E-state index contributed by atoms with van der Waals surface area (Å²) in [6.45, 7) is 0. The van der Waals surface area contributed by atoms with E-state index < -0.39 is 0 Å². The van der Waals surface area contributed by atoms with Crippen molar-refractivity contribution in [2.24, 2.45) is 14.1 Å². The number of aryl methyl sites for hydroxylation is 2. The highest BCUT2D eigenvalue weighted by Gasteiger charge is 2.27. The van der Waals surface area contributed by atoms with Crippen LogP contribution in [0.4, 0.5) is 0 Å². The lowest BCUT2D eigenvalue weighted by Crippen LogP contribution is -1.97. The van der Waals surface area contributed by atoms with Crippen molar-refractivity contribution in [1.82, 2.24) is 9.13 Å². The average Bonchev–Trinajstić information content (AvgIpc) is 3.44. The summed E-state index contributed by atoms with van der Waals surface area (Å²) in [5, 5.41) is 4.24. The van der Waals surface area contributed by atoms with E-state index in [0.717, 1.165) is 78.4 Å². The predicted octanol–water partition coefficient (Wildman–Crippen LogP) is 7.94. The zero-order valence-corrected chi connectivity index (χ0v) is 21.1. The molecule has 4 nitrogen and oxygen atoms in total. The Hall–Kier alpha value is -4.96. The number of aldehydes is 2. The van der Waals surface area contributed by atoms with E-state index in [-0.39, 0.29) is 0 Å². The number of benzene rings is 5. The van der Waals surface area contributed by atoms with Crippen LogP contribution in [0.2, 0.25) is 0 Å². The molecule has 5 aromatic carbocycles. The quantitative estimate of drug-likeness (QED) is 0.234. The molecule has 182 valence electrons. The highest BCUT2D eigenvalue weighted by atomic mass is 16.1. The molecule has 38 heavy (non-hydrogen) atoms. The first-order valence-electron chi connectivity index (χ1n) is 12.6. The van der Waals surface area contributed by atoms with Crippen LogP contribution in [0.1, 0.15) is 20.7 Å². The van der Waals surface area contributed by atoms with Gasteiger partial charge in [0.1, 0.15) is 0 Å². The summed E-state index contributed by atoms with van der Waals surface area (Å²) in [4.78, 5) is 24.4. The van der Waals surface area contributed by atoms with E-state index >= 15 is 0 Å². The number of nitrogens with zero attached hydrogens (tertiary/aromatic N) is 2. The van der Waals surface area contributed by atoms with Crippen molar-refractivity contribution in [3.8, 4) is 22.3 Å². The second kappa shape index (κ2) is 8.29. The zero-order chi connectivity index (χ0) is 26.0. The minimum atomic E-state index is 0.655. The van der Waals surface area contributed by atoms with Crippen LogP contribution in [0.5, 0.6) is 0 Å². The van der Waals surface area contributed by atoms with Gasteiger partial charge in [-0.3, -0.25) is 9.59 Å². The summed E-state index contributed by atoms with van der Waals surface area (Å²) in [5.41, 5.74) is 9.66. The highest BCUT2D eigenvalue weighted by Crippen LogP contribution is 2.50. The first-order valence-corrected chi connectivity index (χ1v) is 12.6. The Morgan fingerprint density at radius 2 is 0.947 bits per heavy atom. The van der Waals surface area contributed by atoms with E-state index in [1.165, 1.54) is 0 Å². The number of para-hydroxylation sites is 2. The molecule has 4 heteroatoms. The van der Waals surface area contributed by atoms with Gasteiger partial charge < -0.3 is 9.13 Å². The standard InChI is InChI=1S/C34H24N2O2/c1-35-32-24(20-38)16-10-18-26(32)30-33(35)28(22-13-7-4-8-14-22)27(21-11-5-3-6-12-21)29-25-17-9-15-23(19-37)31(25)36(2)34(29)30/h3-20H,1-2H3. The Morgan fingerprint density at radius 3 is 1.47 bits per heavy atom. The van der Waals surface area contributed by atoms with Crippen LogP contribution in [0.15, 0.2) is 97.1 Å². The van der Waals surface area contributed by atoms with Gasteiger partial charge in [0.2, 0.25) is 0 Å². The van der Waals surface area contributed by atoms with Gasteiger partial charge in [-0.1, -0.05) is 84.9 Å². The Balaban J connectivity index is 1.91. The van der Waals surface area contributed by atoms with Crippen LogP contribution in [0.25, 0.3) is 65.9 Å². The first kappa shape index (κ1) is 22.3. The van der Waals surface area contributed by atoms with Gasteiger partial charge in [0.25, 0.3) is 0 Å². The highest BCUT2D eigenvalue weighted by molar-refractivity contribution is 6.34. The van der Waals surface area contributed by atoms with Crippen LogP contribution in [0.3, 0.4) is 0 Å². The van der Waals surface area contributed by atoms with Crippen LogP contribution < -0.4 is 0 Å². The lowest BCUT2D eigenvalue weighted by atomic mass is 9.88. The maximum Gasteiger partial charge on any atom is 0.152 e. The van der Waals surface area contributed by atoms with Crippen molar-refractivity contribution in [2.75, 3.05) is 0 Å². The Kier molecular flexibility index (Phi) is 4.85. The molecule has 7 rings (SSSR count). The molecule has 7 aromatic rings. The minimum absolute atomic E-state index is 0.655. The van der Waals surface area contributed by atoms with E-state index in [9.17, 15) is 9.59 Å². The third-order valence-electron chi connectivity index (χ3n) is 7.84. The van der Waals surface area contributed by atoms with Gasteiger partial charge in [-0.05, 0) is 23.3 Å². The molecule has 0 N–H and O–H groups in total. The lowest BCUT2D eigenvalue weighted by Gasteiger charge is -2.17. The number of carbonyl (C=O) groups is 2. The molecular weight excluding hydrogens is 468 g/mol. The fourth-order valence-electron chi connectivity index (χ4n) is 6.38. The van der Waals surface area contributed by atoms with E-state index in [1.54, 1.807) is 0 Å². The fourth-order valence-corrected chi connectivity index (χ4v) is 6.38. The van der Waals surface area contributed by atoms with E-state index in [2.05, 4.69) is 69.8 Å². The van der Waals surface area contributed by atoms with Crippen molar-refractivity contribution in [3.05, 3.63) is 108 Å². The van der Waals surface area contributed by atoms with Crippen molar-refractivity contribution >= 4 is 56.2 Å². The van der Waals surface area contributed by atoms with Crippen LogP contribution in [0, 0.1) is 0 Å². The molecule has 2 heterocycles. The summed E-state index contributed by atoms with van der Waals surface area (Å²) in [6, 6.07) is 32.8. The molecule has 0 spiro atoms. The van der Waals surface area contributed by atoms with Gasteiger partial charge in [-0.15, -0.1) is 0 Å². The molecule has 0 aliphatic rings. The summed E-state index contributed by atoms with van der Waals surface area (Å²) < 4.78 is 4.33. The number of hydrogen-bond acceptors (Lipinski definition) is 2.